The quantitative estimate of drug-likeness (QED) is 0.271. The number of guanidine groups is 1. The predicted octanol–water partition coefficient (Wildman–Crippen LogP) is 0.256. The van der Waals surface area contributed by atoms with Crippen LogP contribution in [0.5, 0.6) is 0 Å². The summed E-state index contributed by atoms with van der Waals surface area (Å²) in [6.45, 7) is 1.50. The van der Waals surface area contributed by atoms with Crippen LogP contribution >= 0.6 is 0 Å². The van der Waals surface area contributed by atoms with Crippen LogP contribution in [0, 0.1) is 0 Å². The minimum absolute atomic E-state index is 0.410. The van der Waals surface area contributed by atoms with Gasteiger partial charge in [0.2, 0.25) is 0 Å². The van der Waals surface area contributed by atoms with Crippen molar-refractivity contribution < 1.29 is 0 Å². The molecule has 8 heavy (non-hydrogen) atoms. The van der Waals surface area contributed by atoms with E-state index in [2.05, 4.69) is 20.3 Å². The molecule has 0 aromatic carbocycles. The fraction of sp³-hybridized carbons (Fsp3) is 0.667. The van der Waals surface area contributed by atoms with Crippen LogP contribution < -0.4 is 5.32 Å². The van der Waals surface area contributed by atoms with Crippen LogP contribution in [0.25, 0.3) is 10.4 Å². The number of hydrogen-bond donors (Lipinski definition) is 1. The SMILES string of the molecule is [N-]=[N+]=NC1=NCCN1. The number of aliphatic imine (C=N–C) groups is 1. The van der Waals surface area contributed by atoms with E-state index in [4.69, 9.17) is 5.53 Å². The number of nitrogens with zero attached hydrogens (tertiary/aromatic N) is 4. The number of hydrogen-bond acceptors (Lipinski definition) is 3. The Morgan fingerprint density at radius 1 is 1.88 bits per heavy atom. The number of nitrogens with one attached hydrogen (secondary N) is 1. The lowest BCUT2D eigenvalue weighted by Gasteiger charge is -1.85. The summed E-state index contributed by atoms with van der Waals surface area (Å²) in [7, 11) is 0. The molecule has 1 aliphatic rings. The monoisotopic (exact) mass is 111 g/mol. The molecule has 1 rings (SSSR count). The summed E-state index contributed by atoms with van der Waals surface area (Å²) in [4.78, 5) is 6.36. The summed E-state index contributed by atoms with van der Waals surface area (Å²) in [6.07, 6.45) is 0. The minimum Gasteiger partial charge on any atom is -0.367 e. The van der Waals surface area contributed by atoms with Crippen molar-refractivity contribution in [1.29, 1.82) is 0 Å². The van der Waals surface area contributed by atoms with E-state index in [0.29, 0.717) is 12.5 Å². The Hall–Kier alpha value is -1.22. The van der Waals surface area contributed by atoms with Gasteiger partial charge in [-0.15, -0.1) is 0 Å². The maximum absolute atomic E-state index is 7.86. The highest BCUT2D eigenvalue weighted by Gasteiger charge is 1.98. The van der Waals surface area contributed by atoms with Crippen molar-refractivity contribution in [2.24, 2.45) is 10.1 Å². The summed E-state index contributed by atoms with van der Waals surface area (Å²) in [5.74, 6) is 0.410. The Labute approximate surface area is 46.0 Å². The molecule has 0 unspecified atom stereocenters. The highest BCUT2D eigenvalue weighted by molar-refractivity contribution is 5.81. The van der Waals surface area contributed by atoms with Crippen molar-refractivity contribution >= 4 is 5.96 Å². The number of azide groups is 1. The molecule has 0 spiro atoms. The van der Waals surface area contributed by atoms with Gasteiger partial charge in [-0.25, -0.2) is 0 Å². The normalized spacial score (nSPS) is 16.2. The van der Waals surface area contributed by atoms with Crippen molar-refractivity contribution in [3.05, 3.63) is 10.4 Å². The highest BCUT2D eigenvalue weighted by atomic mass is 15.3. The molecule has 0 radical (unpaired) electrons. The first-order chi connectivity index (χ1) is 3.93. The molecule has 42 valence electrons. The van der Waals surface area contributed by atoms with Gasteiger partial charge in [-0.05, 0) is 10.6 Å². The van der Waals surface area contributed by atoms with Gasteiger partial charge in [-0.1, -0.05) is 0 Å². The molecular weight excluding hydrogens is 106 g/mol. The molecule has 0 amide bonds. The van der Waals surface area contributed by atoms with Crippen LogP contribution in [0.15, 0.2) is 10.1 Å². The second-order valence-electron chi connectivity index (χ2n) is 1.32. The van der Waals surface area contributed by atoms with Gasteiger partial charge in [0, 0.05) is 11.5 Å². The lowest BCUT2D eigenvalue weighted by Crippen LogP contribution is -2.14. The maximum atomic E-state index is 7.86. The molecule has 1 N–H and O–H groups in total. The van der Waals surface area contributed by atoms with Gasteiger partial charge in [0.05, 0.1) is 6.54 Å². The molecule has 0 bridgehead atoms. The fourth-order valence-electron chi connectivity index (χ4n) is 0.495. The first-order valence-corrected chi connectivity index (χ1v) is 2.27. The van der Waals surface area contributed by atoms with Crippen molar-refractivity contribution in [1.82, 2.24) is 5.32 Å². The predicted molar refractivity (Wildman–Crippen MR) is 29.5 cm³/mol. The fourth-order valence-corrected chi connectivity index (χ4v) is 0.495. The molecule has 0 atom stereocenters. The van der Waals surface area contributed by atoms with Crippen LogP contribution in [0.2, 0.25) is 0 Å². The van der Waals surface area contributed by atoms with E-state index in [9.17, 15) is 0 Å². The van der Waals surface area contributed by atoms with Gasteiger partial charge in [-0.2, -0.15) is 0 Å². The minimum atomic E-state index is 0.410. The molecule has 5 nitrogen and oxygen atoms in total. The van der Waals surface area contributed by atoms with E-state index in [1.54, 1.807) is 0 Å². The first-order valence-electron chi connectivity index (χ1n) is 2.27. The van der Waals surface area contributed by atoms with E-state index in [0.717, 1.165) is 6.54 Å². The summed E-state index contributed by atoms with van der Waals surface area (Å²) < 4.78 is 0. The van der Waals surface area contributed by atoms with E-state index < -0.39 is 0 Å². The summed E-state index contributed by atoms with van der Waals surface area (Å²) in [6, 6.07) is 0. The zero-order valence-electron chi connectivity index (χ0n) is 4.20. The molecule has 0 saturated heterocycles. The van der Waals surface area contributed by atoms with Crippen LogP contribution in [-0.2, 0) is 0 Å². The van der Waals surface area contributed by atoms with Gasteiger partial charge in [-0.3, -0.25) is 4.99 Å². The van der Waals surface area contributed by atoms with Crippen molar-refractivity contribution in [2.75, 3.05) is 13.1 Å². The highest BCUT2D eigenvalue weighted by Crippen LogP contribution is 1.84. The number of rotatable bonds is 0. The molecule has 0 saturated carbocycles. The topological polar surface area (TPSA) is 73.2 Å². The third-order valence-corrected chi connectivity index (χ3v) is 0.796. The van der Waals surface area contributed by atoms with Gasteiger partial charge >= 0.3 is 0 Å². The van der Waals surface area contributed by atoms with Gasteiger partial charge < -0.3 is 5.32 Å². The van der Waals surface area contributed by atoms with Crippen LogP contribution in [-0.4, -0.2) is 19.0 Å². The molecule has 1 heterocycles. The van der Waals surface area contributed by atoms with Crippen LogP contribution in [0.3, 0.4) is 0 Å². The van der Waals surface area contributed by atoms with Crippen molar-refractivity contribution in [2.45, 2.75) is 0 Å². The van der Waals surface area contributed by atoms with E-state index in [-0.39, 0.29) is 0 Å². The maximum Gasteiger partial charge on any atom is 0.185 e. The van der Waals surface area contributed by atoms with E-state index in [1.807, 2.05) is 0 Å². The molecule has 0 aromatic rings. The van der Waals surface area contributed by atoms with Crippen LogP contribution in [0.4, 0.5) is 0 Å². The van der Waals surface area contributed by atoms with E-state index in [1.165, 1.54) is 0 Å². The van der Waals surface area contributed by atoms with Gasteiger partial charge in [0.25, 0.3) is 0 Å². The van der Waals surface area contributed by atoms with Gasteiger partial charge in [0.1, 0.15) is 0 Å². The third-order valence-electron chi connectivity index (χ3n) is 0.796. The Morgan fingerprint density at radius 3 is 3.25 bits per heavy atom. The average molecular weight is 111 g/mol. The molecule has 0 fully saturated rings. The molecule has 0 aromatic heterocycles. The smallest absolute Gasteiger partial charge is 0.185 e. The Morgan fingerprint density at radius 2 is 2.75 bits per heavy atom. The Kier molecular flexibility index (Phi) is 1.34. The molecular formula is C3H5N5. The second-order valence-corrected chi connectivity index (χ2v) is 1.32. The summed E-state index contributed by atoms with van der Waals surface area (Å²) in [5, 5.41) is 6.03. The molecule has 5 heteroatoms. The third kappa shape index (κ3) is 0.886. The molecule has 1 aliphatic heterocycles. The summed E-state index contributed by atoms with van der Waals surface area (Å²) >= 11 is 0. The average Bonchev–Trinajstić information content (AvgIpc) is 2.19. The zero-order valence-corrected chi connectivity index (χ0v) is 4.20. The summed E-state index contributed by atoms with van der Waals surface area (Å²) in [5.41, 5.74) is 7.86. The lowest BCUT2D eigenvalue weighted by atomic mass is 10.7. The lowest BCUT2D eigenvalue weighted by molar-refractivity contribution is 0.956. The van der Waals surface area contributed by atoms with Crippen molar-refractivity contribution in [3.63, 3.8) is 0 Å². The standard InChI is InChI=1S/C3H5N5/c4-8-7-3-5-1-2-6-3/h1-2H2,(H,5,6). The Balaban J connectivity index is 2.57. The second kappa shape index (κ2) is 2.18. The van der Waals surface area contributed by atoms with Crippen molar-refractivity contribution in [3.8, 4) is 0 Å². The van der Waals surface area contributed by atoms with Crippen LogP contribution in [0.1, 0.15) is 0 Å². The first kappa shape index (κ1) is 4.93. The van der Waals surface area contributed by atoms with E-state index >= 15 is 0 Å². The van der Waals surface area contributed by atoms with Gasteiger partial charge in [0.15, 0.2) is 5.96 Å². The largest absolute Gasteiger partial charge is 0.367 e. The Bertz CT molecular complexity index is 153. The molecule has 0 aliphatic carbocycles. The zero-order chi connectivity index (χ0) is 5.82.